The van der Waals surface area contributed by atoms with Crippen LogP contribution in [-0.2, 0) is 16.1 Å². The third kappa shape index (κ3) is 4.79. The minimum Gasteiger partial charge on any atom is -0.493 e. The van der Waals surface area contributed by atoms with Crippen molar-refractivity contribution in [3.8, 4) is 11.5 Å². The van der Waals surface area contributed by atoms with Gasteiger partial charge in [0.15, 0.2) is 11.5 Å². The van der Waals surface area contributed by atoms with Gasteiger partial charge in [-0.05, 0) is 43.5 Å². The van der Waals surface area contributed by atoms with Gasteiger partial charge in [-0.3, -0.25) is 14.4 Å². The zero-order valence-electron chi connectivity index (χ0n) is 21.4. The molecule has 4 atom stereocenters. The molecule has 4 unspecified atom stereocenters. The van der Waals surface area contributed by atoms with Crippen molar-refractivity contribution in [2.75, 3.05) is 20.3 Å². The van der Waals surface area contributed by atoms with Crippen molar-refractivity contribution in [3.05, 3.63) is 70.3 Å². The number of nitrogens with one attached hydrogen (secondary N) is 1. The molecular weight excluding hydrogens is 488 g/mol. The fourth-order valence-corrected chi connectivity index (χ4v) is 5.34. The third-order valence-electron chi connectivity index (χ3n) is 7.45. The molecule has 0 spiro atoms. The largest absolute Gasteiger partial charge is 0.493 e. The zero-order chi connectivity index (χ0) is 27.0. The Morgan fingerprint density at radius 3 is 2.58 bits per heavy atom. The van der Waals surface area contributed by atoms with Gasteiger partial charge in [0.05, 0.1) is 25.7 Å². The zero-order valence-corrected chi connectivity index (χ0v) is 21.4. The number of fused-ring (bicyclic) bond motifs is 3. The molecule has 1 heterocycles. The number of hydrogen-bond donors (Lipinski definition) is 3. The van der Waals surface area contributed by atoms with Crippen LogP contribution in [0.25, 0.3) is 0 Å². The molecular formula is C29H32N2O7. The molecule has 2 aromatic rings. The summed E-state index contributed by atoms with van der Waals surface area (Å²) in [7, 11) is 1.46. The Hall–Kier alpha value is -3.69. The van der Waals surface area contributed by atoms with Crippen LogP contribution in [0.3, 0.4) is 0 Å². The number of aryl methyl sites for hydroxylation is 1. The maximum absolute atomic E-state index is 13.5. The summed E-state index contributed by atoms with van der Waals surface area (Å²) in [6.45, 7) is 2.05. The van der Waals surface area contributed by atoms with Crippen molar-refractivity contribution in [1.29, 1.82) is 0 Å². The topological polar surface area (TPSA) is 125 Å². The van der Waals surface area contributed by atoms with Crippen LogP contribution in [0.4, 0.5) is 0 Å². The Kier molecular flexibility index (Phi) is 7.23. The Bertz CT molecular complexity index is 1270. The summed E-state index contributed by atoms with van der Waals surface area (Å²) in [5, 5.41) is 23.7. The SMILES string of the molecule is COc1cc(C=O)cc2c1OC1C2C(C(=O)NCCO)=CC(N(Cc2ccc(C)cc2)C(=O)C2CC2)C1O. The summed E-state index contributed by atoms with van der Waals surface area (Å²) in [5.41, 5.74) is 3.21. The van der Waals surface area contributed by atoms with Crippen LogP contribution in [0.2, 0.25) is 0 Å². The fraction of sp³-hybridized carbons (Fsp3) is 0.414. The molecule has 0 bridgehead atoms. The second kappa shape index (κ2) is 10.6. The van der Waals surface area contributed by atoms with Gasteiger partial charge in [-0.15, -0.1) is 0 Å². The van der Waals surface area contributed by atoms with E-state index in [0.717, 1.165) is 24.0 Å². The first-order valence-corrected chi connectivity index (χ1v) is 12.8. The second-order valence-corrected chi connectivity index (χ2v) is 10.1. The van der Waals surface area contributed by atoms with Crippen LogP contribution >= 0.6 is 0 Å². The number of aldehydes is 1. The second-order valence-electron chi connectivity index (χ2n) is 10.1. The van der Waals surface area contributed by atoms with E-state index in [1.54, 1.807) is 23.1 Å². The number of benzene rings is 2. The number of hydrogen-bond acceptors (Lipinski definition) is 7. The summed E-state index contributed by atoms with van der Waals surface area (Å²) in [6, 6.07) is 10.2. The van der Waals surface area contributed by atoms with E-state index in [-0.39, 0.29) is 31.5 Å². The standard InChI is InChI=1S/C29H32N2O7/c1-16-3-5-17(6-4-16)14-31(29(36)19-7-8-19)22-13-21(28(35)30-9-10-32)24-20-11-18(15-33)12-23(37-2)26(20)38-27(24)25(22)34/h3-6,11-13,15,19,22,24-25,27,32,34H,7-10,14H2,1-2H3,(H,30,35). The maximum Gasteiger partial charge on any atom is 0.247 e. The van der Waals surface area contributed by atoms with Crippen LogP contribution in [0, 0.1) is 12.8 Å². The molecule has 1 fully saturated rings. The van der Waals surface area contributed by atoms with E-state index in [0.29, 0.717) is 34.5 Å². The van der Waals surface area contributed by atoms with Crippen molar-refractivity contribution in [3.63, 3.8) is 0 Å². The lowest BCUT2D eigenvalue weighted by molar-refractivity contribution is -0.139. The first-order valence-electron chi connectivity index (χ1n) is 12.8. The normalized spacial score (nSPS) is 23.4. The smallest absolute Gasteiger partial charge is 0.247 e. The number of carbonyl (C=O) groups is 3. The van der Waals surface area contributed by atoms with Crippen LogP contribution in [0.5, 0.6) is 11.5 Å². The predicted molar refractivity (Wildman–Crippen MR) is 138 cm³/mol. The number of ether oxygens (including phenoxy) is 2. The van der Waals surface area contributed by atoms with Crippen LogP contribution < -0.4 is 14.8 Å². The first-order chi connectivity index (χ1) is 18.4. The highest BCUT2D eigenvalue weighted by atomic mass is 16.5. The van der Waals surface area contributed by atoms with E-state index in [2.05, 4.69) is 5.32 Å². The van der Waals surface area contributed by atoms with Crippen LogP contribution in [0.1, 0.15) is 45.8 Å². The lowest BCUT2D eigenvalue weighted by atomic mass is 9.77. The summed E-state index contributed by atoms with van der Waals surface area (Å²) in [5.74, 6) is -0.637. The van der Waals surface area contributed by atoms with E-state index >= 15 is 0 Å². The van der Waals surface area contributed by atoms with Gasteiger partial charge >= 0.3 is 0 Å². The molecule has 2 amide bonds. The van der Waals surface area contributed by atoms with E-state index in [4.69, 9.17) is 9.47 Å². The molecule has 5 rings (SSSR count). The van der Waals surface area contributed by atoms with Gasteiger partial charge in [0.2, 0.25) is 11.8 Å². The van der Waals surface area contributed by atoms with Crippen molar-refractivity contribution in [2.45, 2.75) is 50.5 Å². The number of methoxy groups -OCH3 is 1. The number of aliphatic hydroxyl groups excluding tert-OH is 2. The van der Waals surface area contributed by atoms with Gasteiger partial charge in [-0.1, -0.05) is 29.8 Å². The molecule has 1 aliphatic heterocycles. The average Bonchev–Trinajstić information content (AvgIpc) is 3.71. The van der Waals surface area contributed by atoms with Crippen molar-refractivity contribution < 1.29 is 34.1 Å². The Morgan fingerprint density at radius 2 is 1.95 bits per heavy atom. The molecule has 38 heavy (non-hydrogen) atoms. The van der Waals surface area contributed by atoms with E-state index in [1.165, 1.54) is 7.11 Å². The molecule has 9 heteroatoms. The molecule has 1 saturated carbocycles. The number of nitrogens with zero attached hydrogens (tertiary/aromatic N) is 1. The van der Waals surface area contributed by atoms with Crippen molar-refractivity contribution >= 4 is 18.1 Å². The third-order valence-corrected chi connectivity index (χ3v) is 7.45. The molecule has 200 valence electrons. The number of rotatable bonds is 9. The molecule has 2 aliphatic carbocycles. The monoisotopic (exact) mass is 520 g/mol. The summed E-state index contributed by atoms with van der Waals surface area (Å²) in [6.07, 6.45) is 1.87. The fourth-order valence-electron chi connectivity index (χ4n) is 5.34. The molecule has 9 nitrogen and oxygen atoms in total. The van der Waals surface area contributed by atoms with E-state index in [1.807, 2.05) is 31.2 Å². The number of carbonyl (C=O) groups excluding carboxylic acids is 3. The highest BCUT2D eigenvalue weighted by Gasteiger charge is 2.52. The average molecular weight is 521 g/mol. The van der Waals surface area contributed by atoms with Crippen molar-refractivity contribution in [2.24, 2.45) is 5.92 Å². The van der Waals surface area contributed by atoms with Gasteiger partial charge in [-0.2, -0.15) is 0 Å². The first kappa shape index (κ1) is 25.9. The van der Waals surface area contributed by atoms with E-state index < -0.39 is 30.1 Å². The summed E-state index contributed by atoms with van der Waals surface area (Å²) < 4.78 is 11.7. The highest BCUT2D eigenvalue weighted by molar-refractivity contribution is 5.96. The Morgan fingerprint density at radius 1 is 1.21 bits per heavy atom. The lowest BCUT2D eigenvalue weighted by Gasteiger charge is -2.41. The van der Waals surface area contributed by atoms with Crippen molar-refractivity contribution in [1.82, 2.24) is 10.2 Å². The highest BCUT2D eigenvalue weighted by Crippen LogP contribution is 2.51. The Balaban J connectivity index is 1.59. The molecule has 0 radical (unpaired) electrons. The molecule has 0 aromatic heterocycles. The number of amides is 2. The maximum atomic E-state index is 13.5. The molecule has 2 aromatic carbocycles. The Labute approximate surface area is 221 Å². The van der Waals surface area contributed by atoms with Gasteiger partial charge < -0.3 is 29.9 Å². The molecule has 0 saturated heterocycles. The van der Waals surface area contributed by atoms with Gasteiger partial charge in [-0.25, -0.2) is 0 Å². The van der Waals surface area contributed by atoms with Gasteiger partial charge in [0.25, 0.3) is 0 Å². The lowest BCUT2D eigenvalue weighted by Crippen LogP contribution is -2.55. The minimum atomic E-state index is -1.15. The molecule has 3 aliphatic rings. The van der Waals surface area contributed by atoms with Gasteiger partial charge in [0, 0.05) is 35.7 Å². The van der Waals surface area contributed by atoms with Crippen LogP contribution in [-0.4, -0.2) is 71.7 Å². The minimum absolute atomic E-state index is 0.0419. The van der Waals surface area contributed by atoms with E-state index in [9.17, 15) is 24.6 Å². The summed E-state index contributed by atoms with van der Waals surface area (Å²) in [4.78, 5) is 40.2. The molecule has 3 N–H and O–H groups in total. The van der Waals surface area contributed by atoms with Crippen LogP contribution in [0.15, 0.2) is 48.0 Å². The summed E-state index contributed by atoms with van der Waals surface area (Å²) >= 11 is 0. The van der Waals surface area contributed by atoms with Gasteiger partial charge in [0.1, 0.15) is 18.5 Å². The quantitative estimate of drug-likeness (QED) is 0.431. The predicted octanol–water partition coefficient (Wildman–Crippen LogP) is 1.88. The number of aliphatic hydroxyl groups is 2.